The summed E-state index contributed by atoms with van der Waals surface area (Å²) in [6.45, 7) is 7.25. The molecule has 2 N–H and O–H groups in total. The highest BCUT2D eigenvalue weighted by Crippen LogP contribution is 2.08. The molecule has 6 heteroatoms. The Morgan fingerprint density at radius 2 is 1.58 bits per heavy atom. The van der Waals surface area contributed by atoms with Gasteiger partial charge in [0.05, 0.1) is 26.4 Å². The molecule has 0 unspecified atom stereocenters. The van der Waals surface area contributed by atoms with E-state index in [4.69, 9.17) is 14.2 Å². The number of guanidine groups is 1. The van der Waals surface area contributed by atoms with Crippen LogP contribution in [0.15, 0.2) is 35.3 Å². The highest BCUT2D eigenvalue weighted by atomic mass is 16.5. The summed E-state index contributed by atoms with van der Waals surface area (Å²) in [6, 6.07) is 9.90. The Balaban J connectivity index is 1.90. The molecule has 148 valence electrons. The van der Waals surface area contributed by atoms with Gasteiger partial charge in [-0.25, -0.2) is 0 Å². The molecule has 0 radical (unpaired) electrons. The first-order valence-corrected chi connectivity index (χ1v) is 9.64. The second-order valence-corrected chi connectivity index (χ2v) is 5.87. The number of hydrogen-bond donors (Lipinski definition) is 2. The zero-order valence-electron chi connectivity index (χ0n) is 16.3. The molecule has 0 atom stereocenters. The highest BCUT2D eigenvalue weighted by Gasteiger charge is 1.97. The first-order chi connectivity index (χ1) is 12.9. The molecule has 0 bridgehead atoms. The molecule has 0 aromatic heterocycles. The molecule has 6 nitrogen and oxygen atoms in total. The number of benzene rings is 1. The van der Waals surface area contributed by atoms with E-state index in [1.165, 1.54) is 0 Å². The van der Waals surface area contributed by atoms with Gasteiger partial charge in [-0.3, -0.25) is 4.99 Å². The summed E-state index contributed by atoms with van der Waals surface area (Å²) in [6.07, 6.45) is 4.30. The molecule has 1 aromatic carbocycles. The zero-order valence-corrected chi connectivity index (χ0v) is 16.3. The van der Waals surface area contributed by atoms with Crippen molar-refractivity contribution in [1.82, 2.24) is 10.6 Å². The van der Waals surface area contributed by atoms with Crippen molar-refractivity contribution >= 4 is 5.96 Å². The number of aliphatic imine (C=N–C) groups is 1. The number of hydrogen-bond acceptors (Lipinski definition) is 4. The summed E-state index contributed by atoms with van der Waals surface area (Å²) in [5.74, 6) is 1.73. The zero-order chi connectivity index (χ0) is 18.7. The molecule has 0 saturated carbocycles. The number of nitrogens with one attached hydrogen (secondary N) is 2. The smallest absolute Gasteiger partial charge is 0.191 e. The third-order valence-electron chi connectivity index (χ3n) is 3.65. The summed E-state index contributed by atoms with van der Waals surface area (Å²) >= 11 is 0. The summed E-state index contributed by atoms with van der Waals surface area (Å²) in [4.78, 5) is 4.20. The van der Waals surface area contributed by atoms with Crippen molar-refractivity contribution in [1.29, 1.82) is 0 Å². The predicted octanol–water partition coefficient (Wildman–Crippen LogP) is 2.84. The van der Waals surface area contributed by atoms with E-state index in [-0.39, 0.29) is 0 Å². The number of ether oxygens (including phenoxy) is 3. The lowest BCUT2D eigenvalue weighted by atomic mass is 10.3. The van der Waals surface area contributed by atoms with E-state index < -0.39 is 0 Å². The monoisotopic (exact) mass is 365 g/mol. The van der Waals surface area contributed by atoms with Gasteiger partial charge in [-0.05, 0) is 31.4 Å². The average molecular weight is 366 g/mol. The van der Waals surface area contributed by atoms with Crippen molar-refractivity contribution in [2.75, 3.05) is 53.2 Å². The number of para-hydroxylation sites is 1. The van der Waals surface area contributed by atoms with Crippen molar-refractivity contribution < 1.29 is 14.2 Å². The van der Waals surface area contributed by atoms with Crippen LogP contribution in [0.2, 0.25) is 0 Å². The van der Waals surface area contributed by atoms with Crippen LogP contribution in [0, 0.1) is 0 Å². The van der Waals surface area contributed by atoms with Crippen LogP contribution in [0.1, 0.15) is 32.6 Å². The van der Waals surface area contributed by atoms with Gasteiger partial charge in [-0.1, -0.05) is 31.5 Å². The molecular weight excluding hydrogens is 330 g/mol. The fraction of sp³-hybridized carbons (Fsp3) is 0.650. The van der Waals surface area contributed by atoms with E-state index in [2.05, 4.69) is 22.5 Å². The van der Waals surface area contributed by atoms with Crippen molar-refractivity contribution in [3.05, 3.63) is 30.3 Å². The normalized spacial score (nSPS) is 11.4. The molecule has 0 saturated heterocycles. The van der Waals surface area contributed by atoms with Crippen LogP contribution in [0.3, 0.4) is 0 Å². The van der Waals surface area contributed by atoms with Crippen molar-refractivity contribution in [3.8, 4) is 5.75 Å². The standard InChI is InChI=1S/C20H35N3O3/c1-3-4-14-24-17-18-25-16-13-23-20(21-2)22-12-8-9-15-26-19-10-6-5-7-11-19/h5-7,10-11H,3-4,8-9,12-18H2,1-2H3,(H2,21,22,23). The molecule has 1 rings (SSSR count). The largest absolute Gasteiger partial charge is 0.494 e. The maximum Gasteiger partial charge on any atom is 0.191 e. The summed E-state index contributed by atoms with van der Waals surface area (Å²) < 4.78 is 16.6. The third kappa shape index (κ3) is 12.6. The Labute approximate surface area is 158 Å². The van der Waals surface area contributed by atoms with Crippen molar-refractivity contribution in [3.63, 3.8) is 0 Å². The highest BCUT2D eigenvalue weighted by molar-refractivity contribution is 5.79. The van der Waals surface area contributed by atoms with Gasteiger partial charge >= 0.3 is 0 Å². The second kappa shape index (κ2) is 16.7. The van der Waals surface area contributed by atoms with Crippen LogP contribution < -0.4 is 15.4 Å². The topological polar surface area (TPSA) is 64.1 Å². The Morgan fingerprint density at radius 3 is 2.31 bits per heavy atom. The SMILES string of the molecule is CCCCOCCOCCNC(=NC)NCCCCOc1ccccc1. The molecule has 26 heavy (non-hydrogen) atoms. The molecule has 0 aliphatic carbocycles. The Hall–Kier alpha value is -1.79. The predicted molar refractivity (Wildman–Crippen MR) is 107 cm³/mol. The average Bonchev–Trinajstić information content (AvgIpc) is 2.68. The van der Waals surface area contributed by atoms with Crippen LogP contribution in [-0.4, -0.2) is 59.1 Å². The molecule has 0 heterocycles. The van der Waals surface area contributed by atoms with Crippen LogP contribution in [-0.2, 0) is 9.47 Å². The second-order valence-electron chi connectivity index (χ2n) is 5.87. The van der Waals surface area contributed by atoms with Gasteiger partial charge in [0.15, 0.2) is 5.96 Å². The Morgan fingerprint density at radius 1 is 0.846 bits per heavy atom. The van der Waals surface area contributed by atoms with Gasteiger partial charge in [0, 0.05) is 26.7 Å². The summed E-state index contributed by atoms with van der Waals surface area (Å²) in [7, 11) is 1.77. The van der Waals surface area contributed by atoms with Crippen molar-refractivity contribution in [2.24, 2.45) is 4.99 Å². The van der Waals surface area contributed by atoms with Gasteiger partial charge in [0.25, 0.3) is 0 Å². The lowest BCUT2D eigenvalue weighted by Gasteiger charge is -2.12. The van der Waals surface area contributed by atoms with E-state index in [9.17, 15) is 0 Å². The minimum atomic E-state index is 0.638. The minimum Gasteiger partial charge on any atom is -0.494 e. The number of nitrogens with zero attached hydrogens (tertiary/aromatic N) is 1. The summed E-state index contributed by atoms with van der Waals surface area (Å²) in [5, 5.41) is 6.54. The summed E-state index contributed by atoms with van der Waals surface area (Å²) in [5.41, 5.74) is 0. The molecule has 0 amide bonds. The van der Waals surface area contributed by atoms with E-state index in [1.807, 2.05) is 30.3 Å². The third-order valence-corrected chi connectivity index (χ3v) is 3.65. The van der Waals surface area contributed by atoms with E-state index in [0.29, 0.717) is 19.8 Å². The lowest BCUT2D eigenvalue weighted by molar-refractivity contribution is 0.0487. The fourth-order valence-corrected chi connectivity index (χ4v) is 2.17. The van der Waals surface area contributed by atoms with Crippen molar-refractivity contribution in [2.45, 2.75) is 32.6 Å². The van der Waals surface area contributed by atoms with Gasteiger partial charge in [-0.2, -0.15) is 0 Å². The fourth-order valence-electron chi connectivity index (χ4n) is 2.17. The number of rotatable bonds is 15. The molecule has 0 spiro atoms. The van der Waals surface area contributed by atoms with Crippen LogP contribution in [0.4, 0.5) is 0 Å². The van der Waals surface area contributed by atoms with Gasteiger partial charge in [0.1, 0.15) is 5.75 Å². The van der Waals surface area contributed by atoms with Gasteiger partial charge in [-0.15, -0.1) is 0 Å². The van der Waals surface area contributed by atoms with Gasteiger partial charge < -0.3 is 24.8 Å². The molecule has 0 fully saturated rings. The quantitative estimate of drug-likeness (QED) is 0.284. The maximum absolute atomic E-state index is 5.67. The molecule has 1 aromatic rings. The van der Waals surface area contributed by atoms with Crippen LogP contribution in [0.5, 0.6) is 5.75 Å². The van der Waals surface area contributed by atoms with Crippen LogP contribution >= 0.6 is 0 Å². The molecule has 0 aliphatic rings. The Bertz CT molecular complexity index is 455. The van der Waals surface area contributed by atoms with E-state index in [0.717, 1.165) is 63.7 Å². The molecular formula is C20H35N3O3. The minimum absolute atomic E-state index is 0.638. The number of unbranched alkanes of at least 4 members (excludes halogenated alkanes) is 2. The first kappa shape index (κ1) is 22.3. The van der Waals surface area contributed by atoms with E-state index >= 15 is 0 Å². The molecule has 0 aliphatic heterocycles. The Kier molecular flexibility index (Phi) is 14.3. The van der Waals surface area contributed by atoms with Gasteiger partial charge in [0.2, 0.25) is 0 Å². The maximum atomic E-state index is 5.67. The van der Waals surface area contributed by atoms with Crippen LogP contribution in [0.25, 0.3) is 0 Å². The van der Waals surface area contributed by atoms with E-state index in [1.54, 1.807) is 7.05 Å². The lowest BCUT2D eigenvalue weighted by Crippen LogP contribution is -2.39. The first-order valence-electron chi connectivity index (χ1n) is 9.64.